The van der Waals surface area contributed by atoms with E-state index in [9.17, 15) is 4.79 Å². The van der Waals surface area contributed by atoms with Gasteiger partial charge in [-0.1, -0.05) is 78.9 Å². The molecule has 0 atom stereocenters. The summed E-state index contributed by atoms with van der Waals surface area (Å²) in [6.45, 7) is 1.21. The maximum absolute atomic E-state index is 13.0. The van der Waals surface area contributed by atoms with Crippen LogP contribution in [-0.4, -0.2) is 22.8 Å². The molecule has 162 valence electrons. The third kappa shape index (κ3) is 5.35. The van der Waals surface area contributed by atoms with E-state index >= 15 is 0 Å². The van der Waals surface area contributed by atoms with Gasteiger partial charge in [-0.3, -0.25) is 9.48 Å². The molecule has 0 aliphatic heterocycles. The predicted octanol–water partition coefficient (Wildman–Crippen LogP) is 4.45. The highest BCUT2D eigenvalue weighted by atomic mass is 16.5. The number of carbonyl (C=O) groups is 1. The lowest BCUT2D eigenvalue weighted by Crippen LogP contribution is -2.23. The van der Waals surface area contributed by atoms with Gasteiger partial charge in [0.05, 0.1) is 13.7 Å². The molecule has 0 spiro atoms. The number of carbonyl (C=O) groups excluding carboxylic acids is 1. The van der Waals surface area contributed by atoms with Crippen molar-refractivity contribution in [2.24, 2.45) is 0 Å². The maximum atomic E-state index is 13.0. The molecular formula is C26H25N3O3. The molecule has 1 aromatic heterocycles. The lowest BCUT2D eigenvalue weighted by molar-refractivity contribution is 0.0946. The van der Waals surface area contributed by atoms with Crippen molar-refractivity contribution in [3.05, 3.63) is 113 Å². The third-order valence-electron chi connectivity index (χ3n) is 5.01. The number of hydrogen-bond donors (Lipinski definition) is 1. The van der Waals surface area contributed by atoms with Crippen LogP contribution in [0.5, 0.6) is 11.6 Å². The highest BCUT2D eigenvalue weighted by molar-refractivity contribution is 5.96. The fourth-order valence-corrected chi connectivity index (χ4v) is 3.36. The van der Waals surface area contributed by atoms with Crippen molar-refractivity contribution >= 4 is 5.91 Å². The molecule has 0 bridgehead atoms. The molecule has 0 aliphatic rings. The molecule has 0 radical (unpaired) electrons. The van der Waals surface area contributed by atoms with Crippen LogP contribution in [0.15, 0.2) is 91.1 Å². The molecule has 1 heterocycles. The second-order valence-electron chi connectivity index (χ2n) is 7.30. The van der Waals surface area contributed by atoms with Crippen molar-refractivity contribution in [3.63, 3.8) is 0 Å². The van der Waals surface area contributed by atoms with Crippen LogP contribution in [0.2, 0.25) is 0 Å². The number of benzene rings is 3. The number of nitrogens with one attached hydrogen (secondary N) is 1. The van der Waals surface area contributed by atoms with Gasteiger partial charge in [-0.25, -0.2) is 0 Å². The Kier molecular flexibility index (Phi) is 6.82. The van der Waals surface area contributed by atoms with Gasteiger partial charge in [0, 0.05) is 18.3 Å². The van der Waals surface area contributed by atoms with Crippen molar-refractivity contribution in [1.29, 1.82) is 0 Å². The summed E-state index contributed by atoms with van der Waals surface area (Å²) in [5.74, 6) is 0.786. The fourth-order valence-electron chi connectivity index (χ4n) is 3.36. The summed E-state index contributed by atoms with van der Waals surface area (Å²) in [4.78, 5) is 13.0. The summed E-state index contributed by atoms with van der Waals surface area (Å²) in [5.41, 5.74) is 3.38. The van der Waals surface area contributed by atoms with Crippen LogP contribution in [0.1, 0.15) is 27.0 Å². The number of aromatic nitrogens is 2. The molecular weight excluding hydrogens is 402 g/mol. The smallest absolute Gasteiger partial charge is 0.258 e. The van der Waals surface area contributed by atoms with Crippen LogP contribution in [0.3, 0.4) is 0 Å². The van der Waals surface area contributed by atoms with E-state index in [1.165, 1.54) is 0 Å². The van der Waals surface area contributed by atoms with E-state index in [1.54, 1.807) is 18.0 Å². The highest BCUT2D eigenvalue weighted by Crippen LogP contribution is 2.20. The Morgan fingerprint density at radius 2 is 1.56 bits per heavy atom. The van der Waals surface area contributed by atoms with Crippen LogP contribution in [-0.2, 0) is 19.7 Å². The second-order valence-corrected chi connectivity index (χ2v) is 7.30. The zero-order valence-corrected chi connectivity index (χ0v) is 17.9. The topological polar surface area (TPSA) is 65.4 Å². The third-order valence-corrected chi connectivity index (χ3v) is 5.01. The standard InChI is InChI=1S/C26H25N3O3/c1-31-24-15-9-8-14-22(24)16-27-25(30)23-18-29(17-20-10-4-2-5-11-20)28-26(23)32-19-21-12-6-3-7-13-21/h2-15,18H,16-17,19H2,1H3,(H,27,30). The van der Waals surface area contributed by atoms with Crippen molar-refractivity contribution in [3.8, 4) is 11.6 Å². The average molecular weight is 428 g/mol. The van der Waals surface area contributed by atoms with Crippen molar-refractivity contribution < 1.29 is 14.3 Å². The normalized spacial score (nSPS) is 10.5. The fraction of sp³-hybridized carbons (Fsp3) is 0.154. The van der Waals surface area contributed by atoms with Crippen LogP contribution in [0, 0.1) is 0 Å². The molecule has 6 heteroatoms. The Labute approximate surface area is 187 Å². The van der Waals surface area contributed by atoms with Gasteiger partial charge in [0.1, 0.15) is 17.9 Å². The van der Waals surface area contributed by atoms with E-state index in [0.717, 1.165) is 22.4 Å². The van der Waals surface area contributed by atoms with E-state index in [0.29, 0.717) is 31.1 Å². The molecule has 3 aromatic carbocycles. The van der Waals surface area contributed by atoms with Gasteiger partial charge in [0.2, 0.25) is 5.88 Å². The first kappa shape index (κ1) is 21.2. The van der Waals surface area contributed by atoms with Crippen LogP contribution in [0.25, 0.3) is 0 Å². The quantitative estimate of drug-likeness (QED) is 0.429. The van der Waals surface area contributed by atoms with Gasteiger partial charge in [-0.2, -0.15) is 0 Å². The first-order valence-electron chi connectivity index (χ1n) is 10.4. The first-order valence-corrected chi connectivity index (χ1v) is 10.4. The Morgan fingerprint density at radius 1 is 0.906 bits per heavy atom. The van der Waals surface area contributed by atoms with E-state index in [-0.39, 0.29) is 5.91 Å². The van der Waals surface area contributed by atoms with E-state index < -0.39 is 0 Å². The molecule has 1 N–H and O–H groups in total. The number of amides is 1. The highest BCUT2D eigenvalue weighted by Gasteiger charge is 2.19. The molecule has 0 fully saturated rings. The summed E-state index contributed by atoms with van der Waals surface area (Å²) in [6.07, 6.45) is 1.73. The number of para-hydroxylation sites is 1. The summed E-state index contributed by atoms with van der Waals surface area (Å²) in [6, 6.07) is 27.4. The molecule has 32 heavy (non-hydrogen) atoms. The van der Waals surface area contributed by atoms with Crippen LogP contribution >= 0.6 is 0 Å². The van der Waals surface area contributed by atoms with Crippen molar-refractivity contribution in [2.75, 3.05) is 7.11 Å². The molecule has 0 unspecified atom stereocenters. The minimum absolute atomic E-state index is 0.252. The second kappa shape index (κ2) is 10.3. The van der Waals surface area contributed by atoms with Gasteiger partial charge in [-0.15, -0.1) is 5.10 Å². The van der Waals surface area contributed by atoms with Crippen LogP contribution in [0.4, 0.5) is 0 Å². The number of methoxy groups -OCH3 is 1. The molecule has 4 rings (SSSR count). The molecule has 6 nitrogen and oxygen atoms in total. The minimum atomic E-state index is -0.252. The van der Waals surface area contributed by atoms with Gasteiger partial charge < -0.3 is 14.8 Å². The molecule has 0 aliphatic carbocycles. The lowest BCUT2D eigenvalue weighted by Gasteiger charge is -2.10. The average Bonchev–Trinajstić information content (AvgIpc) is 3.25. The van der Waals surface area contributed by atoms with Gasteiger partial charge in [-0.05, 0) is 17.2 Å². The van der Waals surface area contributed by atoms with Crippen LogP contribution < -0.4 is 14.8 Å². The number of nitrogens with zero attached hydrogens (tertiary/aromatic N) is 2. The summed E-state index contributed by atoms with van der Waals surface area (Å²) in [7, 11) is 1.61. The maximum Gasteiger partial charge on any atom is 0.258 e. The van der Waals surface area contributed by atoms with E-state index in [2.05, 4.69) is 10.4 Å². The Morgan fingerprint density at radius 3 is 2.28 bits per heavy atom. The SMILES string of the molecule is COc1ccccc1CNC(=O)c1cn(Cc2ccccc2)nc1OCc1ccccc1. The van der Waals surface area contributed by atoms with E-state index in [1.807, 2.05) is 84.9 Å². The predicted molar refractivity (Wildman–Crippen MR) is 123 cm³/mol. The number of hydrogen-bond acceptors (Lipinski definition) is 4. The monoisotopic (exact) mass is 427 g/mol. The summed E-state index contributed by atoms with van der Waals surface area (Å²) < 4.78 is 13.0. The zero-order chi connectivity index (χ0) is 22.2. The van der Waals surface area contributed by atoms with Gasteiger partial charge >= 0.3 is 0 Å². The lowest BCUT2D eigenvalue weighted by atomic mass is 10.2. The molecule has 0 saturated carbocycles. The molecule has 0 saturated heterocycles. The van der Waals surface area contributed by atoms with E-state index in [4.69, 9.17) is 9.47 Å². The molecule has 1 amide bonds. The van der Waals surface area contributed by atoms with Gasteiger partial charge in [0.15, 0.2) is 0 Å². The largest absolute Gasteiger partial charge is 0.496 e. The Hall–Kier alpha value is -4.06. The molecule has 4 aromatic rings. The van der Waals surface area contributed by atoms with Gasteiger partial charge in [0.25, 0.3) is 5.91 Å². The number of rotatable bonds is 9. The number of ether oxygens (including phenoxy) is 2. The summed E-state index contributed by atoms with van der Waals surface area (Å²) in [5, 5.41) is 7.49. The Balaban J connectivity index is 1.52. The van der Waals surface area contributed by atoms with Crippen molar-refractivity contribution in [2.45, 2.75) is 19.7 Å². The summed E-state index contributed by atoms with van der Waals surface area (Å²) >= 11 is 0. The zero-order valence-electron chi connectivity index (χ0n) is 17.9. The minimum Gasteiger partial charge on any atom is -0.496 e. The van der Waals surface area contributed by atoms with Crippen molar-refractivity contribution in [1.82, 2.24) is 15.1 Å². The first-order chi connectivity index (χ1) is 15.7. The Bertz CT molecular complexity index is 1160.